The maximum absolute atomic E-state index is 12.1. The lowest BCUT2D eigenvalue weighted by molar-refractivity contribution is -0.141. The molecule has 3 nitrogen and oxygen atoms in total. The van der Waals surface area contributed by atoms with Gasteiger partial charge in [0, 0.05) is 18.3 Å². The minimum absolute atomic E-state index is 0.0322. The molecule has 1 aromatic rings. The standard InChI is InChI=1S/C16H20O3/c1-19-16(18)11-14(12-7-3-2-4-8-12)13-9-5-6-10-15(13)17/h2-4,7-8,13-14H,5-6,9-11H2,1H3. The average Bonchev–Trinajstić information content (AvgIpc) is 2.46. The van der Waals surface area contributed by atoms with E-state index in [9.17, 15) is 9.59 Å². The molecular formula is C16H20O3. The minimum atomic E-state index is -0.243. The number of rotatable bonds is 4. The van der Waals surface area contributed by atoms with Gasteiger partial charge in [0.2, 0.25) is 0 Å². The van der Waals surface area contributed by atoms with Gasteiger partial charge in [0.15, 0.2) is 0 Å². The molecule has 1 saturated carbocycles. The summed E-state index contributed by atoms with van der Waals surface area (Å²) in [6.45, 7) is 0. The summed E-state index contributed by atoms with van der Waals surface area (Å²) in [5.41, 5.74) is 1.06. The van der Waals surface area contributed by atoms with Crippen LogP contribution in [0.25, 0.3) is 0 Å². The first kappa shape index (κ1) is 13.8. The number of methoxy groups -OCH3 is 1. The van der Waals surface area contributed by atoms with Crippen LogP contribution in [0.4, 0.5) is 0 Å². The highest BCUT2D eigenvalue weighted by Gasteiger charge is 2.32. The number of ketones is 1. The lowest BCUT2D eigenvalue weighted by atomic mass is 9.74. The van der Waals surface area contributed by atoms with Gasteiger partial charge in [-0.05, 0) is 18.4 Å². The third-order valence-electron chi connectivity index (χ3n) is 3.93. The topological polar surface area (TPSA) is 43.4 Å². The first-order valence-corrected chi connectivity index (χ1v) is 6.87. The van der Waals surface area contributed by atoms with Crippen LogP contribution in [0.5, 0.6) is 0 Å². The van der Waals surface area contributed by atoms with Crippen molar-refractivity contribution in [2.24, 2.45) is 5.92 Å². The van der Waals surface area contributed by atoms with Crippen LogP contribution in [0.15, 0.2) is 30.3 Å². The predicted octanol–water partition coefficient (Wildman–Crippen LogP) is 3.09. The Hall–Kier alpha value is -1.64. The van der Waals surface area contributed by atoms with E-state index in [1.807, 2.05) is 30.3 Å². The lowest BCUT2D eigenvalue weighted by Gasteiger charge is -2.28. The second kappa shape index (κ2) is 6.50. The Morgan fingerprint density at radius 3 is 2.68 bits per heavy atom. The van der Waals surface area contributed by atoms with Crippen molar-refractivity contribution in [2.75, 3.05) is 7.11 Å². The van der Waals surface area contributed by atoms with Crippen LogP contribution in [-0.2, 0) is 14.3 Å². The predicted molar refractivity (Wildman–Crippen MR) is 72.8 cm³/mol. The smallest absolute Gasteiger partial charge is 0.306 e. The van der Waals surface area contributed by atoms with Crippen molar-refractivity contribution in [2.45, 2.75) is 38.0 Å². The van der Waals surface area contributed by atoms with Gasteiger partial charge < -0.3 is 4.74 Å². The molecule has 2 atom stereocenters. The molecule has 1 aliphatic rings. The molecule has 1 aromatic carbocycles. The van der Waals surface area contributed by atoms with Crippen LogP contribution in [-0.4, -0.2) is 18.9 Å². The van der Waals surface area contributed by atoms with Gasteiger partial charge in [0.25, 0.3) is 0 Å². The quantitative estimate of drug-likeness (QED) is 0.781. The van der Waals surface area contributed by atoms with Gasteiger partial charge in [-0.15, -0.1) is 0 Å². The fourth-order valence-corrected chi connectivity index (χ4v) is 2.89. The van der Waals surface area contributed by atoms with Gasteiger partial charge in [0.1, 0.15) is 5.78 Å². The molecule has 19 heavy (non-hydrogen) atoms. The van der Waals surface area contributed by atoms with E-state index in [-0.39, 0.29) is 24.2 Å². The molecule has 102 valence electrons. The molecule has 0 aromatic heterocycles. The van der Waals surface area contributed by atoms with E-state index in [2.05, 4.69) is 0 Å². The Balaban J connectivity index is 2.23. The average molecular weight is 260 g/mol. The lowest BCUT2D eigenvalue weighted by Crippen LogP contribution is -2.27. The third kappa shape index (κ3) is 3.43. The molecule has 2 rings (SSSR count). The second-order valence-corrected chi connectivity index (χ2v) is 5.12. The molecule has 0 aliphatic heterocycles. The van der Waals surface area contributed by atoms with Crippen LogP contribution in [0, 0.1) is 5.92 Å². The van der Waals surface area contributed by atoms with Gasteiger partial charge in [-0.25, -0.2) is 0 Å². The molecule has 2 unspecified atom stereocenters. The Labute approximate surface area is 114 Å². The first-order chi connectivity index (χ1) is 9.22. The SMILES string of the molecule is COC(=O)CC(c1ccccc1)C1CCCCC1=O. The summed E-state index contributed by atoms with van der Waals surface area (Å²) in [6, 6.07) is 9.84. The van der Waals surface area contributed by atoms with E-state index in [1.54, 1.807) is 0 Å². The molecule has 0 spiro atoms. The monoisotopic (exact) mass is 260 g/mol. The Morgan fingerprint density at radius 2 is 2.05 bits per heavy atom. The maximum atomic E-state index is 12.1. The number of hydrogen-bond donors (Lipinski definition) is 0. The van der Waals surface area contributed by atoms with Gasteiger partial charge >= 0.3 is 5.97 Å². The first-order valence-electron chi connectivity index (χ1n) is 6.87. The number of ether oxygens (including phenoxy) is 1. The molecule has 0 N–H and O–H groups in total. The van der Waals surface area contributed by atoms with Crippen molar-refractivity contribution >= 4 is 11.8 Å². The second-order valence-electron chi connectivity index (χ2n) is 5.12. The Bertz CT molecular complexity index is 439. The molecular weight excluding hydrogens is 240 g/mol. The summed E-state index contributed by atoms with van der Waals surface area (Å²) in [7, 11) is 1.40. The highest BCUT2D eigenvalue weighted by Crippen LogP contribution is 2.36. The molecule has 0 heterocycles. The minimum Gasteiger partial charge on any atom is -0.469 e. The Kier molecular flexibility index (Phi) is 4.72. The van der Waals surface area contributed by atoms with Crippen LogP contribution in [0.2, 0.25) is 0 Å². The Morgan fingerprint density at radius 1 is 1.32 bits per heavy atom. The summed E-state index contributed by atoms with van der Waals surface area (Å²) < 4.78 is 4.78. The van der Waals surface area contributed by atoms with E-state index in [0.29, 0.717) is 12.2 Å². The van der Waals surface area contributed by atoms with Crippen LogP contribution in [0.1, 0.15) is 43.6 Å². The summed E-state index contributed by atoms with van der Waals surface area (Å²) in [4.78, 5) is 23.7. The van der Waals surface area contributed by atoms with Crippen LogP contribution in [0.3, 0.4) is 0 Å². The van der Waals surface area contributed by atoms with Gasteiger partial charge in [0.05, 0.1) is 13.5 Å². The molecule has 1 aliphatic carbocycles. The summed E-state index contributed by atoms with van der Waals surface area (Å²) >= 11 is 0. The van der Waals surface area contributed by atoms with Crippen molar-refractivity contribution in [3.05, 3.63) is 35.9 Å². The number of carbonyl (C=O) groups is 2. The van der Waals surface area contributed by atoms with Crippen LogP contribution >= 0.6 is 0 Å². The van der Waals surface area contributed by atoms with Gasteiger partial charge in [-0.3, -0.25) is 9.59 Å². The maximum Gasteiger partial charge on any atom is 0.306 e. The number of esters is 1. The summed E-state index contributed by atoms with van der Waals surface area (Å²) in [5, 5.41) is 0. The summed E-state index contributed by atoms with van der Waals surface area (Å²) in [5.74, 6) is -0.0204. The van der Waals surface area contributed by atoms with Crippen molar-refractivity contribution in [1.82, 2.24) is 0 Å². The highest BCUT2D eigenvalue weighted by molar-refractivity contribution is 5.83. The van der Waals surface area contributed by atoms with E-state index >= 15 is 0 Å². The molecule has 3 heteroatoms. The van der Waals surface area contributed by atoms with Crippen molar-refractivity contribution < 1.29 is 14.3 Å². The molecule has 0 bridgehead atoms. The number of benzene rings is 1. The largest absolute Gasteiger partial charge is 0.469 e. The van der Waals surface area contributed by atoms with E-state index in [4.69, 9.17) is 4.74 Å². The fraction of sp³-hybridized carbons (Fsp3) is 0.500. The van der Waals surface area contributed by atoms with Gasteiger partial charge in [-0.2, -0.15) is 0 Å². The van der Waals surface area contributed by atoms with E-state index in [1.165, 1.54) is 7.11 Å². The molecule has 0 amide bonds. The van der Waals surface area contributed by atoms with Gasteiger partial charge in [-0.1, -0.05) is 36.8 Å². The zero-order valence-electron chi connectivity index (χ0n) is 11.3. The van der Waals surface area contributed by atoms with E-state index in [0.717, 1.165) is 24.8 Å². The van der Waals surface area contributed by atoms with Crippen molar-refractivity contribution in [1.29, 1.82) is 0 Å². The van der Waals surface area contributed by atoms with Crippen molar-refractivity contribution in [3.63, 3.8) is 0 Å². The zero-order valence-corrected chi connectivity index (χ0v) is 11.3. The van der Waals surface area contributed by atoms with Crippen LogP contribution < -0.4 is 0 Å². The summed E-state index contributed by atoms with van der Waals surface area (Å²) in [6.07, 6.45) is 3.87. The molecule has 0 radical (unpaired) electrons. The molecule has 0 saturated heterocycles. The third-order valence-corrected chi connectivity index (χ3v) is 3.93. The number of hydrogen-bond acceptors (Lipinski definition) is 3. The van der Waals surface area contributed by atoms with E-state index < -0.39 is 0 Å². The molecule has 1 fully saturated rings. The number of Topliss-reactive ketones (excluding diaryl/α,β-unsaturated/α-hetero) is 1. The highest BCUT2D eigenvalue weighted by atomic mass is 16.5. The zero-order chi connectivity index (χ0) is 13.7. The number of carbonyl (C=O) groups excluding carboxylic acids is 2. The van der Waals surface area contributed by atoms with Crippen molar-refractivity contribution in [3.8, 4) is 0 Å². The normalized spacial score (nSPS) is 20.9. The fourth-order valence-electron chi connectivity index (χ4n) is 2.89.